The lowest BCUT2D eigenvalue weighted by atomic mass is 9.94. The summed E-state index contributed by atoms with van der Waals surface area (Å²) in [6, 6.07) is 14.4. The van der Waals surface area contributed by atoms with Crippen molar-refractivity contribution in [1.29, 1.82) is 0 Å². The summed E-state index contributed by atoms with van der Waals surface area (Å²) < 4.78 is 26.9. The second-order valence-corrected chi connectivity index (χ2v) is 9.10. The SMILES string of the molecule is Cc1cccc(NC(=O)CC2CCN(S(=O)(=O)c3ccccc3)CC2)c1C. The predicted molar refractivity (Wildman–Crippen MR) is 107 cm³/mol. The third-order valence-electron chi connectivity index (χ3n) is 5.31. The Kier molecular flexibility index (Phi) is 5.97. The molecule has 0 unspecified atom stereocenters. The fourth-order valence-corrected chi connectivity index (χ4v) is 4.94. The average molecular weight is 387 g/mol. The quantitative estimate of drug-likeness (QED) is 0.851. The van der Waals surface area contributed by atoms with Crippen molar-refractivity contribution in [2.45, 2.75) is 38.0 Å². The fraction of sp³-hybridized carbons (Fsp3) is 0.381. The van der Waals surface area contributed by atoms with Crippen LogP contribution in [-0.2, 0) is 14.8 Å². The molecule has 0 bridgehead atoms. The molecule has 0 atom stereocenters. The van der Waals surface area contributed by atoms with Crippen molar-refractivity contribution in [2.24, 2.45) is 5.92 Å². The maximum Gasteiger partial charge on any atom is 0.243 e. The average Bonchev–Trinajstić information content (AvgIpc) is 2.66. The van der Waals surface area contributed by atoms with Gasteiger partial charge in [-0.15, -0.1) is 0 Å². The van der Waals surface area contributed by atoms with Crippen LogP contribution in [0.5, 0.6) is 0 Å². The van der Waals surface area contributed by atoms with Crippen molar-refractivity contribution in [1.82, 2.24) is 4.31 Å². The van der Waals surface area contributed by atoms with Gasteiger partial charge in [0.1, 0.15) is 0 Å². The van der Waals surface area contributed by atoms with E-state index in [1.807, 2.05) is 32.0 Å². The van der Waals surface area contributed by atoms with Gasteiger partial charge in [-0.3, -0.25) is 4.79 Å². The van der Waals surface area contributed by atoms with E-state index in [-0.39, 0.29) is 11.8 Å². The predicted octanol–water partition coefficient (Wildman–Crippen LogP) is 3.73. The molecular weight excluding hydrogens is 360 g/mol. The van der Waals surface area contributed by atoms with Crippen molar-refractivity contribution in [3.05, 3.63) is 59.7 Å². The minimum absolute atomic E-state index is 0.00642. The van der Waals surface area contributed by atoms with Gasteiger partial charge in [-0.1, -0.05) is 30.3 Å². The molecule has 0 aliphatic carbocycles. The van der Waals surface area contributed by atoms with Crippen LogP contribution in [0.25, 0.3) is 0 Å². The highest BCUT2D eigenvalue weighted by Gasteiger charge is 2.30. The summed E-state index contributed by atoms with van der Waals surface area (Å²) in [5.74, 6) is 0.199. The number of carbonyl (C=O) groups excluding carboxylic acids is 1. The van der Waals surface area contributed by atoms with E-state index in [9.17, 15) is 13.2 Å². The van der Waals surface area contributed by atoms with Gasteiger partial charge in [-0.25, -0.2) is 8.42 Å². The first-order valence-corrected chi connectivity index (χ1v) is 10.7. The number of rotatable bonds is 5. The molecule has 1 amide bonds. The number of piperidine rings is 1. The van der Waals surface area contributed by atoms with Crippen LogP contribution in [0.15, 0.2) is 53.4 Å². The van der Waals surface area contributed by atoms with E-state index in [1.54, 1.807) is 30.3 Å². The number of aryl methyl sites for hydroxylation is 1. The van der Waals surface area contributed by atoms with Crippen LogP contribution in [0.3, 0.4) is 0 Å². The topological polar surface area (TPSA) is 66.5 Å². The molecule has 0 saturated carbocycles. The third kappa shape index (κ3) is 4.57. The summed E-state index contributed by atoms with van der Waals surface area (Å²) in [5.41, 5.74) is 3.07. The summed E-state index contributed by atoms with van der Waals surface area (Å²) in [7, 11) is -3.44. The summed E-state index contributed by atoms with van der Waals surface area (Å²) in [6.07, 6.45) is 1.82. The first kappa shape index (κ1) is 19.6. The lowest BCUT2D eigenvalue weighted by molar-refractivity contribution is -0.117. The number of hydrogen-bond donors (Lipinski definition) is 1. The number of amides is 1. The van der Waals surface area contributed by atoms with Gasteiger partial charge in [-0.2, -0.15) is 4.31 Å². The van der Waals surface area contributed by atoms with Crippen molar-refractivity contribution in [3.8, 4) is 0 Å². The van der Waals surface area contributed by atoms with Crippen LogP contribution in [-0.4, -0.2) is 31.7 Å². The number of benzene rings is 2. The van der Waals surface area contributed by atoms with Gasteiger partial charge in [0.25, 0.3) is 0 Å². The van der Waals surface area contributed by atoms with Crippen LogP contribution in [0, 0.1) is 19.8 Å². The molecule has 27 heavy (non-hydrogen) atoms. The monoisotopic (exact) mass is 386 g/mol. The van der Waals surface area contributed by atoms with E-state index >= 15 is 0 Å². The molecule has 1 N–H and O–H groups in total. The first-order valence-electron chi connectivity index (χ1n) is 9.29. The van der Waals surface area contributed by atoms with Gasteiger partial charge in [-0.05, 0) is 61.9 Å². The number of nitrogens with one attached hydrogen (secondary N) is 1. The Morgan fingerprint density at radius 3 is 2.37 bits per heavy atom. The van der Waals surface area contributed by atoms with Gasteiger partial charge >= 0.3 is 0 Å². The van der Waals surface area contributed by atoms with E-state index in [4.69, 9.17) is 0 Å². The van der Waals surface area contributed by atoms with Gasteiger partial charge < -0.3 is 5.32 Å². The number of nitrogens with zero attached hydrogens (tertiary/aromatic N) is 1. The molecule has 6 heteroatoms. The van der Waals surface area contributed by atoms with Crippen LogP contribution >= 0.6 is 0 Å². The van der Waals surface area contributed by atoms with Gasteiger partial charge in [0, 0.05) is 25.2 Å². The summed E-state index contributed by atoms with van der Waals surface area (Å²) >= 11 is 0. The zero-order valence-electron chi connectivity index (χ0n) is 15.8. The molecule has 1 fully saturated rings. The maximum absolute atomic E-state index is 12.7. The lowest BCUT2D eigenvalue weighted by Gasteiger charge is -2.31. The zero-order chi connectivity index (χ0) is 19.4. The van der Waals surface area contributed by atoms with Gasteiger partial charge in [0.2, 0.25) is 15.9 Å². The number of hydrogen-bond acceptors (Lipinski definition) is 3. The molecule has 2 aromatic rings. The van der Waals surface area contributed by atoms with E-state index in [0.717, 1.165) is 16.8 Å². The summed E-state index contributed by atoms with van der Waals surface area (Å²) in [4.78, 5) is 12.7. The highest BCUT2D eigenvalue weighted by molar-refractivity contribution is 7.89. The van der Waals surface area contributed by atoms with Crippen LogP contribution in [0.1, 0.15) is 30.4 Å². The molecule has 5 nitrogen and oxygen atoms in total. The standard InChI is InChI=1S/C21H26N2O3S/c1-16-7-6-10-20(17(16)2)22-21(24)15-18-11-13-23(14-12-18)27(25,26)19-8-4-3-5-9-19/h3-10,18H,11-15H2,1-2H3,(H,22,24). The van der Waals surface area contributed by atoms with Crippen LogP contribution in [0.4, 0.5) is 5.69 Å². The molecule has 3 rings (SSSR count). The second-order valence-electron chi connectivity index (χ2n) is 7.16. The highest BCUT2D eigenvalue weighted by Crippen LogP contribution is 2.26. The van der Waals surface area contributed by atoms with E-state index < -0.39 is 10.0 Å². The molecule has 144 valence electrons. The zero-order valence-corrected chi connectivity index (χ0v) is 16.6. The normalized spacial score (nSPS) is 16.2. The number of anilines is 1. The minimum Gasteiger partial charge on any atom is -0.326 e. The molecule has 0 aromatic heterocycles. The van der Waals surface area contributed by atoms with Crippen molar-refractivity contribution < 1.29 is 13.2 Å². The molecule has 1 aliphatic heterocycles. The molecular formula is C21H26N2O3S. The molecule has 1 saturated heterocycles. The summed E-state index contributed by atoms with van der Waals surface area (Å²) in [6.45, 7) is 4.93. The van der Waals surface area contributed by atoms with Crippen molar-refractivity contribution >= 4 is 21.6 Å². The first-order chi connectivity index (χ1) is 12.9. The van der Waals surface area contributed by atoms with E-state index in [2.05, 4.69) is 5.32 Å². The Labute approximate surface area is 161 Å². The molecule has 1 heterocycles. The Morgan fingerprint density at radius 2 is 1.70 bits per heavy atom. The molecule has 0 radical (unpaired) electrons. The highest BCUT2D eigenvalue weighted by atomic mass is 32.2. The summed E-state index contributed by atoms with van der Waals surface area (Å²) in [5, 5.41) is 2.99. The second kappa shape index (κ2) is 8.23. The maximum atomic E-state index is 12.7. The van der Waals surface area contributed by atoms with Crippen LogP contribution in [0.2, 0.25) is 0 Å². The smallest absolute Gasteiger partial charge is 0.243 e. The largest absolute Gasteiger partial charge is 0.326 e. The van der Waals surface area contributed by atoms with E-state index in [1.165, 1.54) is 4.31 Å². The Hall–Kier alpha value is -2.18. The number of sulfonamides is 1. The van der Waals surface area contributed by atoms with Crippen molar-refractivity contribution in [3.63, 3.8) is 0 Å². The van der Waals surface area contributed by atoms with Crippen molar-refractivity contribution in [2.75, 3.05) is 18.4 Å². The fourth-order valence-electron chi connectivity index (χ4n) is 3.45. The molecule has 1 aliphatic rings. The molecule has 2 aromatic carbocycles. The molecule has 0 spiro atoms. The Morgan fingerprint density at radius 1 is 1.04 bits per heavy atom. The van der Waals surface area contributed by atoms with Gasteiger partial charge in [0.05, 0.1) is 4.90 Å². The Balaban J connectivity index is 1.55. The van der Waals surface area contributed by atoms with Gasteiger partial charge in [0.15, 0.2) is 0 Å². The number of carbonyl (C=O) groups is 1. The lowest BCUT2D eigenvalue weighted by Crippen LogP contribution is -2.39. The minimum atomic E-state index is -3.44. The van der Waals surface area contributed by atoms with E-state index in [0.29, 0.717) is 37.2 Å². The third-order valence-corrected chi connectivity index (χ3v) is 7.22. The van der Waals surface area contributed by atoms with Crippen LogP contribution < -0.4 is 5.32 Å². The Bertz CT molecular complexity index is 902.